The minimum absolute atomic E-state index is 0.154. The first-order valence-electron chi connectivity index (χ1n) is 5.03. The number of carbonyl (C=O) groups excluding carboxylic acids is 1. The van der Waals surface area contributed by atoms with Gasteiger partial charge in [-0.3, -0.25) is 4.79 Å². The van der Waals surface area contributed by atoms with E-state index in [1.165, 1.54) is 22.7 Å². The predicted octanol–water partition coefficient (Wildman–Crippen LogP) is 2.77. The molecule has 2 rings (SSSR count). The molecule has 0 fully saturated rings. The highest BCUT2D eigenvalue weighted by molar-refractivity contribution is 7.16. The van der Waals surface area contributed by atoms with Crippen LogP contribution in [0.25, 0.3) is 0 Å². The van der Waals surface area contributed by atoms with E-state index >= 15 is 0 Å². The quantitative estimate of drug-likeness (QED) is 0.907. The number of thiazole rings is 1. The Balaban J connectivity index is 2.32. The number of anilines is 1. The van der Waals surface area contributed by atoms with Crippen LogP contribution in [0, 0.1) is 13.8 Å². The van der Waals surface area contributed by atoms with Crippen LogP contribution in [0.3, 0.4) is 0 Å². The first-order chi connectivity index (χ1) is 8.50. The second-order valence-corrected chi connectivity index (χ2v) is 5.56. The molecule has 1 amide bonds. The van der Waals surface area contributed by atoms with Gasteiger partial charge in [-0.1, -0.05) is 0 Å². The maximum absolute atomic E-state index is 11.8. The van der Waals surface area contributed by atoms with Gasteiger partial charge in [0, 0.05) is 10.3 Å². The molecule has 18 heavy (non-hydrogen) atoms. The summed E-state index contributed by atoms with van der Waals surface area (Å²) < 4.78 is 0. The first-order valence-corrected chi connectivity index (χ1v) is 6.79. The van der Waals surface area contributed by atoms with Crippen molar-refractivity contribution in [2.75, 3.05) is 5.32 Å². The standard InChI is InChI=1S/C11H10N2O3S2/c1-5-6(2)18-10(8(5)11(15)16)13-9(14)7-3-17-4-12-7/h3-4H,1-2H3,(H,13,14)(H,15,16). The lowest BCUT2D eigenvalue weighted by Crippen LogP contribution is -2.13. The number of aryl methyl sites for hydroxylation is 1. The smallest absolute Gasteiger partial charge is 0.338 e. The highest BCUT2D eigenvalue weighted by atomic mass is 32.1. The number of hydrogen-bond donors (Lipinski definition) is 2. The third-order valence-corrected chi connectivity index (χ3v) is 4.20. The molecule has 0 saturated carbocycles. The van der Waals surface area contributed by atoms with Crippen molar-refractivity contribution in [3.8, 4) is 0 Å². The van der Waals surface area contributed by atoms with Gasteiger partial charge in [0.2, 0.25) is 0 Å². The van der Waals surface area contributed by atoms with Gasteiger partial charge < -0.3 is 10.4 Å². The summed E-state index contributed by atoms with van der Waals surface area (Å²) in [6.45, 7) is 3.55. The van der Waals surface area contributed by atoms with Crippen molar-refractivity contribution in [1.29, 1.82) is 0 Å². The molecule has 0 aliphatic heterocycles. The molecule has 0 aromatic carbocycles. The van der Waals surface area contributed by atoms with Crippen LogP contribution in [-0.4, -0.2) is 22.0 Å². The van der Waals surface area contributed by atoms with Crippen LogP contribution in [0.2, 0.25) is 0 Å². The van der Waals surface area contributed by atoms with Gasteiger partial charge in [0.05, 0.1) is 11.1 Å². The Morgan fingerprint density at radius 3 is 2.67 bits per heavy atom. The zero-order valence-electron chi connectivity index (χ0n) is 9.68. The first kappa shape index (κ1) is 12.7. The predicted molar refractivity (Wildman–Crippen MR) is 70.8 cm³/mol. The Morgan fingerprint density at radius 1 is 1.39 bits per heavy atom. The number of nitrogens with one attached hydrogen (secondary N) is 1. The molecule has 0 aliphatic rings. The van der Waals surface area contributed by atoms with E-state index in [0.29, 0.717) is 16.3 Å². The molecular formula is C11H10N2O3S2. The van der Waals surface area contributed by atoms with Gasteiger partial charge in [-0.25, -0.2) is 9.78 Å². The van der Waals surface area contributed by atoms with Crippen molar-refractivity contribution in [2.45, 2.75) is 13.8 Å². The average Bonchev–Trinajstić information content (AvgIpc) is 2.88. The molecule has 2 heterocycles. The highest BCUT2D eigenvalue weighted by Gasteiger charge is 2.21. The van der Waals surface area contributed by atoms with Crippen LogP contribution in [0.4, 0.5) is 5.00 Å². The van der Waals surface area contributed by atoms with Crippen molar-refractivity contribution in [1.82, 2.24) is 4.98 Å². The number of aromatic nitrogens is 1. The van der Waals surface area contributed by atoms with Gasteiger partial charge >= 0.3 is 5.97 Å². The molecule has 0 saturated heterocycles. The third-order valence-electron chi connectivity index (χ3n) is 2.49. The van der Waals surface area contributed by atoms with Crippen molar-refractivity contribution in [3.05, 3.63) is 32.6 Å². The van der Waals surface area contributed by atoms with E-state index < -0.39 is 5.97 Å². The fourth-order valence-electron chi connectivity index (χ4n) is 1.46. The molecule has 0 atom stereocenters. The normalized spacial score (nSPS) is 10.3. The fourth-order valence-corrected chi connectivity index (χ4v) is 3.04. The molecule has 5 nitrogen and oxygen atoms in total. The summed E-state index contributed by atoms with van der Waals surface area (Å²) in [6, 6.07) is 0. The minimum Gasteiger partial charge on any atom is -0.478 e. The molecule has 7 heteroatoms. The van der Waals surface area contributed by atoms with Crippen LogP contribution in [0.15, 0.2) is 10.9 Å². The van der Waals surface area contributed by atoms with Crippen molar-refractivity contribution in [3.63, 3.8) is 0 Å². The van der Waals surface area contributed by atoms with Crippen LogP contribution in [0.1, 0.15) is 31.3 Å². The van der Waals surface area contributed by atoms with Gasteiger partial charge in [-0.05, 0) is 19.4 Å². The molecule has 2 aromatic heterocycles. The van der Waals surface area contributed by atoms with Crippen LogP contribution in [0.5, 0.6) is 0 Å². The van der Waals surface area contributed by atoms with Crippen LogP contribution in [-0.2, 0) is 0 Å². The lowest BCUT2D eigenvalue weighted by molar-refractivity contribution is 0.0697. The van der Waals surface area contributed by atoms with E-state index in [0.717, 1.165) is 4.88 Å². The maximum atomic E-state index is 11.8. The number of carboxylic acids is 1. The molecular weight excluding hydrogens is 272 g/mol. The number of thiophene rings is 1. The third kappa shape index (κ3) is 2.27. The molecule has 0 aliphatic carbocycles. The molecule has 0 unspecified atom stereocenters. The topological polar surface area (TPSA) is 79.3 Å². The Bertz CT molecular complexity index is 602. The van der Waals surface area contributed by atoms with E-state index in [9.17, 15) is 9.59 Å². The van der Waals surface area contributed by atoms with Gasteiger partial charge in [-0.15, -0.1) is 22.7 Å². The molecule has 2 N–H and O–H groups in total. The lowest BCUT2D eigenvalue weighted by Gasteiger charge is -2.02. The van der Waals surface area contributed by atoms with Gasteiger partial charge in [0.15, 0.2) is 0 Å². The van der Waals surface area contributed by atoms with Crippen molar-refractivity contribution < 1.29 is 14.7 Å². The molecule has 0 radical (unpaired) electrons. The molecule has 2 aromatic rings. The summed E-state index contributed by atoms with van der Waals surface area (Å²) >= 11 is 2.57. The lowest BCUT2D eigenvalue weighted by atomic mass is 10.1. The SMILES string of the molecule is Cc1sc(NC(=O)c2cscn2)c(C(=O)O)c1C. The summed E-state index contributed by atoms with van der Waals surface area (Å²) in [5, 5.41) is 13.7. The van der Waals surface area contributed by atoms with Crippen molar-refractivity contribution in [2.24, 2.45) is 0 Å². The van der Waals surface area contributed by atoms with E-state index in [2.05, 4.69) is 10.3 Å². The molecule has 0 spiro atoms. The second-order valence-electron chi connectivity index (χ2n) is 3.62. The number of rotatable bonds is 3. The largest absolute Gasteiger partial charge is 0.478 e. The summed E-state index contributed by atoms with van der Waals surface area (Å²) in [5.74, 6) is -1.43. The van der Waals surface area contributed by atoms with Crippen LogP contribution >= 0.6 is 22.7 Å². The molecule has 0 bridgehead atoms. The molecule has 94 valence electrons. The zero-order valence-corrected chi connectivity index (χ0v) is 11.3. The number of carboxylic acid groups (broad SMARTS) is 1. The minimum atomic E-state index is -1.04. The van der Waals surface area contributed by atoms with Gasteiger partial charge in [-0.2, -0.15) is 0 Å². The summed E-state index contributed by atoms with van der Waals surface area (Å²) in [7, 11) is 0. The monoisotopic (exact) mass is 282 g/mol. The van der Waals surface area contributed by atoms with Gasteiger partial charge in [0.25, 0.3) is 5.91 Å². The number of amides is 1. The summed E-state index contributed by atoms with van der Waals surface area (Å²) in [4.78, 5) is 27.7. The summed E-state index contributed by atoms with van der Waals surface area (Å²) in [5.41, 5.74) is 2.68. The number of aromatic carboxylic acids is 1. The van der Waals surface area contributed by atoms with E-state index in [1.54, 1.807) is 17.8 Å². The second kappa shape index (κ2) is 4.87. The summed E-state index contributed by atoms with van der Waals surface area (Å²) in [6.07, 6.45) is 0. The van der Waals surface area contributed by atoms with E-state index in [4.69, 9.17) is 5.11 Å². The zero-order chi connectivity index (χ0) is 13.3. The van der Waals surface area contributed by atoms with E-state index in [-0.39, 0.29) is 11.5 Å². The Hall–Kier alpha value is -1.73. The van der Waals surface area contributed by atoms with Crippen LogP contribution < -0.4 is 5.32 Å². The Kier molecular flexibility index (Phi) is 3.44. The fraction of sp³-hybridized carbons (Fsp3) is 0.182. The number of hydrogen-bond acceptors (Lipinski definition) is 5. The van der Waals surface area contributed by atoms with Crippen molar-refractivity contribution >= 4 is 39.6 Å². The number of carbonyl (C=O) groups is 2. The number of nitrogens with zero attached hydrogens (tertiary/aromatic N) is 1. The highest BCUT2D eigenvalue weighted by Crippen LogP contribution is 2.32. The van der Waals surface area contributed by atoms with Gasteiger partial charge in [0.1, 0.15) is 10.7 Å². The Labute approximate surface area is 111 Å². The average molecular weight is 282 g/mol. The Morgan fingerprint density at radius 2 is 2.11 bits per heavy atom. The maximum Gasteiger partial charge on any atom is 0.338 e. The van der Waals surface area contributed by atoms with E-state index in [1.807, 2.05) is 6.92 Å².